The Hall–Kier alpha value is -2.15. The molecule has 8 nitrogen and oxygen atoms in total. The number of hydrogen-bond acceptors (Lipinski definition) is 5. The maximum absolute atomic E-state index is 12.1. The minimum absolute atomic E-state index is 0.00143. The molecule has 0 radical (unpaired) electrons. The van der Waals surface area contributed by atoms with Crippen molar-refractivity contribution in [2.24, 2.45) is 0 Å². The van der Waals surface area contributed by atoms with E-state index in [1.54, 1.807) is 0 Å². The lowest BCUT2D eigenvalue weighted by molar-refractivity contribution is 0.270. The van der Waals surface area contributed by atoms with Gasteiger partial charge in [-0.05, 0) is 12.8 Å². The summed E-state index contributed by atoms with van der Waals surface area (Å²) in [5, 5.41) is 17.6. The molecule has 0 bridgehead atoms. The van der Waals surface area contributed by atoms with Crippen molar-refractivity contribution in [2.75, 3.05) is 13.2 Å². The second kappa shape index (κ2) is 7.44. The van der Waals surface area contributed by atoms with Gasteiger partial charge in [0.2, 0.25) is 0 Å². The number of hydrogen-bond donors (Lipinski definition) is 2. The molecule has 0 saturated carbocycles. The summed E-state index contributed by atoms with van der Waals surface area (Å²) in [6.45, 7) is 2.92. The smallest absolute Gasteiger partial charge is 0.340 e. The van der Waals surface area contributed by atoms with Crippen molar-refractivity contribution in [3.63, 3.8) is 0 Å². The first-order valence-corrected chi connectivity index (χ1v) is 6.12. The van der Waals surface area contributed by atoms with Crippen molar-refractivity contribution in [1.29, 1.82) is 0 Å². The quantitative estimate of drug-likeness (QED) is 0.574. The lowest BCUT2D eigenvalue weighted by Crippen LogP contribution is -2.53. The van der Waals surface area contributed by atoms with Gasteiger partial charge in [-0.3, -0.25) is 0 Å². The summed E-state index contributed by atoms with van der Waals surface area (Å²) in [4.78, 5) is 36.1. The summed E-state index contributed by atoms with van der Waals surface area (Å²) in [5.41, 5.74) is -0.0440. The summed E-state index contributed by atoms with van der Waals surface area (Å²) < 4.78 is 2.45. The SMILES string of the molecule is C=C=Cn1c(=O)n(CCCO)c(=O)n(CCCO)c1=O. The minimum Gasteiger partial charge on any atom is -0.396 e. The van der Waals surface area contributed by atoms with E-state index < -0.39 is 17.1 Å². The fourth-order valence-corrected chi connectivity index (χ4v) is 1.69. The summed E-state index contributed by atoms with van der Waals surface area (Å²) >= 11 is 0. The van der Waals surface area contributed by atoms with Crippen LogP contribution >= 0.6 is 0 Å². The van der Waals surface area contributed by atoms with E-state index in [4.69, 9.17) is 10.2 Å². The molecule has 0 aliphatic heterocycles. The highest BCUT2D eigenvalue weighted by molar-refractivity contribution is 5.17. The van der Waals surface area contributed by atoms with E-state index in [0.29, 0.717) is 0 Å². The Morgan fingerprint density at radius 3 is 1.75 bits per heavy atom. The highest BCUT2D eigenvalue weighted by Gasteiger charge is 2.13. The number of rotatable bonds is 7. The zero-order valence-corrected chi connectivity index (χ0v) is 11.0. The Balaban J connectivity index is 3.56. The molecule has 0 aromatic carbocycles. The van der Waals surface area contributed by atoms with Crippen molar-refractivity contribution >= 4 is 6.20 Å². The molecule has 8 heteroatoms. The zero-order chi connectivity index (χ0) is 15.1. The Morgan fingerprint density at radius 2 is 1.40 bits per heavy atom. The third-order valence-corrected chi connectivity index (χ3v) is 2.64. The lowest BCUT2D eigenvalue weighted by atomic mass is 10.4. The van der Waals surface area contributed by atoms with E-state index in [2.05, 4.69) is 12.3 Å². The average molecular weight is 283 g/mol. The molecule has 0 aliphatic rings. The number of aliphatic hydroxyl groups is 2. The molecule has 1 heterocycles. The molecule has 1 aromatic heterocycles. The zero-order valence-electron chi connectivity index (χ0n) is 11.0. The molecule has 0 fully saturated rings. The average Bonchev–Trinajstić information content (AvgIpc) is 2.43. The minimum atomic E-state index is -0.801. The predicted molar refractivity (Wildman–Crippen MR) is 72.5 cm³/mol. The van der Waals surface area contributed by atoms with Gasteiger partial charge in [-0.25, -0.2) is 28.1 Å². The third-order valence-electron chi connectivity index (χ3n) is 2.64. The molecule has 0 amide bonds. The summed E-state index contributed by atoms with van der Waals surface area (Å²) in [5.74, 6) is 0. The van der Waals surface area contributed by atoms with Crippen LogP contribution < -0.4 is 17.1 Å². The van der Waals surface area contributed by atoms with Crippen LogP contribution in [0, 0.1) is 0 Å². The van der Waals surface area contributed by atoms with Crippen molar-refractivity contribution < 1.29 is 10.2 Å². The summed E-state index contributed by atoms with van der Waals surface area (Å²) in [7, 11) is 0. The van der Waals surface area contributed by atoms with Crippen LogP contribution in [0.25, 0.3) is 6.20 Å². The molecular weight excluding hydrogens is 266 g/mol. The van der Waals surface area contributed by atoms with E-state index in [0.717, 1.165) is 19.9 Å². The molecule has 0 unspecified atom stereocenters. The second-order valence-corrected chi connectivity index (χ2v) is 4.01. The Kier molecular flexibility index (Phi) is 5.92. The largest absolute Gasteiger partial charge is 0.396 e. The van der Waals surface area contributed by atoms with Crippen LogP contribution in [0.1, 0.15) is 12.8 Å². The lowest BCUT2D eigenvalue weighted by Gasteiger charge is -2.10. The summed E-state index contributed by atoms with van der Waals surface area (Å²) in [6.07, 6.45) is 1.48. The normalized spacial score (nSPS) is 10.3. The Labute approximate surface area is 114 Å². The maximum atomic E-state index is 12.1. The van der Waals surface area contributed by atoms with E-state index in [1.165, 1.54) is 0 Å². The fraction of sp³-hybridized carbons (Fsp3) is 0.500. The second-order valence-electron chi connectivity index (χ2n) is 4.01. The van der Waals surface area contributed by atoms with Crippen LogP contribution in [-0.4, -0.2) is 37.1 Å². The molecule has 110 valence electrons. The molecular formula is C12H17N3O5. The molecule has 1 rings (SSSR count). The van der Waals surface area contributed by atoms with Gasteiger partial charge >= 0.3 is 17.1 Å². The third kappa shape index (κ3) is 3.24. The van der Waals surface area contributed by atoms with Gasteiger partial charge in [0.05, 0.1) is 6.20 Å². The summed E-state index contributed by atoms with van der Waals surface area (Å²) in [6, 6.07) is 0. The van der Waals surface area contributed by atoms with Crippen LogP contribution in [0.5, 0.6) is 0 Å². The van der Waals surface area contributed by atoms with Gasteiger partial charge in [-0.1, -0.05) is 6.58 Å². The topological polar surface area (TPSA) is 106 Å². The first-order valence-electron chi connectivity index (χ1n) is 6.12. The first kappa shape index (κ1) is 15.9. The fourth-order valence-electron chi connectivity index (χ4n) is 1.69. The highest BCUT2D eigenvalue weighted by atomic mass is 16.3. The molecule has 20 heavy (non-hydrogen) atoms. The van der Waals surface area contributed by atoms with Gasteiger partial charge in [-0.15, -0.1) is 5.73 Å². The maximum Gasteiger partial charge on any atom is 0.340 e. The number of nitrogens with zero attached hydrogens (tertiary/aromatic N) is 3. The van der Waals surface area contributed by atoms with Gasteiger partial charge in [0.1, 0.15) is 0 Å². The molecule has 0 atom stereocenters. The van der Waals surface area contributed by atoms with E-state index in [9.17, 15) is 14.4 Å². The Morgan fingerprint density at radius 1 is 0.950 bits per heavy atom. The van der Waals surface area contributed by atoms with Crippen LogP contribution in [0.4, 0.5) is 0 Å². The van der Waals surface area contributed by atoms with Gasteiger partial charge in [0.25, 0.3) is 0 Å². The first-order chi connectivity index (χ1) is 9.58. The van der Waals surface area contributed by atoms with Crippen molar-refractivity contribution in [1.82, 2.24) is 13.7 Å². The van der Waals surface area contributed by atoms with Gasteiger partial charge in [0.15, 0.2) is 0 Å². The highest BCUT2D eigenvalue weighted by Crippen LogP contribution is 1.84. The standard InChI is InChI=1S/C12H17N3O5/c1-2-5-13-10(18)14(6-3-8-16)12(20)15(11(13)19)7-4-9-17/h5,16-17H,1,3-4,6-9H2. The molecule has 0 saturated heterocycles. The molecule has 2 N–H and O–H groups in total. The molecule has 1 aromatic rings. The number of aromatic nitrogens is 3. The van der Waals surface area contributed by atoms with Gasteiger partial charge in [-0.2, -0.15) is 0 Å². The predicted octanol–water partition coefficient (Wildman–Crippen LogP) is -1.81. The van der Waals surface area contributed by atoms with Crippen molar-refractivity contribution in [3.8, 4) is 0 Å². The van der Waals surface area contributed by atoms with Crippen LogP contribution in [0.2, 0.25) is 0 Å². The van der Waals surface area contributed by atoms with Crippen molar-refractivity contribution in [2.45, 2.75) is 25.9 Å². The molecule has 0 spiro atoms. The number of aliphatic hydroxyl groups excluding tert-OH is 2. The van der Waals surface area contributed by atoms with Gasteiger partial charge < -0.3 is 10.2 Å². The Bertz CT molecular complexity index is 630. The van der Waals surface area contributed by atoms with Gasteiger partial charge in [0, 0.05) is 26.3 Å². The van der Waals surface area contributed by atoms with Crippen LogP contribution in [0.3, 0.4) is 0 Å². The monoisotopic (exact) mass is 283 g/mol. The van der Waals surface area contributed by atoms with E-state index in [-0.39, 0.29) is 39.1 Å². The van der Waals surface area contributed by atoms with Crippen LogP contribution in [-0.2, 0) is 13.1 Å². The molecule has 0 aliphatic carbocycles. The van der Waals surface area contributed by atoms with E-state index >= 15 is 0 Å². The van der Waals surface area contributed by atoms with Crippen LogP contribution in [0.15, 0.2) is 26.7 Å². The van der Waals surface area contributed by atoms with E-state index in [1.807, 2.05) is 0 Å². The van der Waals surface area contributed by atoms with Crippen molar-refractivity contribution in [3.05, 3.63) is 43.8 Å².